The van der Waals surface area contributed by atoms with E-state index in [1.165, 1.54) is 5.56 Å². The lowest BCUT2D eigenvalue weighted by Gasteiger charge is -2.06. The Morgan fingerprint density at radius 3 is 2.38 bits per heavy atom. The normalized spacial score (nSPS) is 10.1. The number of phenolic OH excluding ortho intramolecular Hbond substituents is 1. The molecule has 2 aromatic carbocycles. The molecule has 0 spiro atoms. The number of rotatable bonds is 3. The van der Waals surface area contributed by atoms with Gasteiger partial charge in [-0.3, -0.25) is 0 Å². The predicted octanol–water partition coefficient (Wildman–Crippen LogP) is 2.99. The molecule has 2 heteroatoms. The smallest absolute Gasteiger partial charge is 0.160 e. The summed E-state index contributed by atoms with van der Waals surface area (Å²) in [6.07, 6.45) is 0.818. The minimum atomic E-state index is 0.191. The van der Waals surface area contributed by atoms with E-state index in [4.69, 9.17) is 4.74 Å². The van der Waals surface area contributed by atoms with Crippen LogP contribution in [-0.4, -0.2) is 12.2 Å². The van der Waals surface area contributed by atoms with Crippen molar-refractivity contribution in [3.8, 4) is 11.5 Å². The molecule has 0 aliphatic heterocycles. The first kappa shape index (κ1) is 10.6. The van der Waals surface area contributed by atoms with Crippen LogP contribution < -0.4 is 4.74 Å². The zero-order valence-electron chi connectivity index (χ0n) is 9.18. The number of benzene rings is 2. The summed E-state index contributed by atoms with van der Waals surface area (Å²) in [5.41, 5.74) is 2.30. The van der Waals surface area contributed by atoms with E-state index < -0.39 is 0 Å². The molecule has 0 bridgehead atoms. The largest absolute Gasteiger partial charge is 0.504 e. The molecule has 0 atom stereocenters. The highest BCUT2D eigenvalue weighted by atomic mass is 16.5. The van der Waals surface area contributed by atoms with Gasteiger partial charge in [0.1, 0.15) is 0 Å². The number of hydrogen-bond acceptors (Lipinski definition) is 2. The molecule has 0 aromatic heterocycles. The van der Waals surface area contributed by atoms with Crippen LogP contribution in [-0.2, 0) is 6.42 Å². The van der Waals surface area contributed by atoms with Crippen molar-refractivity contribution in [2.75, 3.05) is 7.11 Å². The number of hydrogen-bond donors (Lipinski definition) is 1. The summed E-state index contributed by atoms with van der Waals surface area (Å²) in [6, 6.07) is 15.7. The van der Waals surface area contributed by atoms with Gasteiger partial charge in [0.15, 0.2) is 11.5 Å². The Kier molecular flexibility index (Phi) is 3.10. The van der Waals surface area contributed by atoms with Crippen molar-refractivity contribution in [2.24, 2.45) is 0 Å². The van der Waals surface area contributed by atoms with Crippen molar-refractivity contribution in [3.63, 3.8) is 0 Å². The van der Waals surface area contributed by atoms with Crippen LogP contribution in [0.3, 0.4) is 0 Å². The topological polar surface area (TPSA) is 29.5 Å². The van der Waals surface area contributed by atoms with Gasteiger partial charge in [0.05, 0.1) is 7.11 Å². The molecule has 16 heavy (non-hydrogen) atoms. The quantitative estimate of drug-likeness (QED) is 0.851. The molecular weight excluding hydrogens is 200 g/mol. The van der Waals surface area contributed by atoms with Gasteiger partial charge in [-0.2, -0.15) is 0 Å². The molecule has 0 heterocycles. The second-order valence-electron chi connectivity index (χ2n) is 3.67. The van der Waals surface area contributed by atoms with Crippen LogP contribution in [0.4, 0.5) is 0 Å². The fraction of sp³-hybridized carbons (Fsp3) is 0.143. The molecule has 0 saturated heterocycles. The number of methoxy groups -OCH3 is 1. The van der Waals surface area contributed by atoms with Gasteiger partial charge >= 0.3 is 0 Å². The third-order valence-electron chi connectivity index (χ3n) is 2.49. The van der Waals surface area contributed by atoms with Gasteiger partial charge in [-0.1, -0.05) is 36.4 Å². The Morgan fingerprint density at radius 1 is 1.00 bits per heavy atom. The van der Waals surface area contributed by atoms with Gasteiger partial charge in [-0.05, 0) is 29.7 Å². The summed E-state index contributed by atoms with van der Waals surface area (Å²) < 4.78 is 5.00. The Bertz CT molecular complexity index is 463. The van der Waals surface area contributed by atoms with E-state index in [2.05, 4.69) is 12.1 Å². The zero-order chi connectivity index (χ0) is 11.4. The lowest BCUT2D eigenvalue weighted by Crippen LogP contribution is -1.89. The fourth-order valence-electron chi connectivity index (χ4n) is 1.68. The van der Waals surface area contributed by atoms with Gasteiger partial charge in [-0.15, -0.1) is 0 Å². The summed E-state index contributed by atoms with van der Waals surface area (Å²) in [7, 11) is 1.55. The van der Waals surface area contributed by atoms with Crippen molar-refractivity contribution in [3.05, 3.63) is 59.7 Å². The first-order chi connectivity index (χ1) is 7.79. The SMILES string of the molecule is COc1ccc(Cc2ccccc2)cc1O. The highest BCUT2D eigenvalue weighted by molar-refractivity contribution is 5.43. The molecule has 1 N–H and O–H groups in total. The van der Waals surface area contributed by atoms with Crippen LogP contribution in [0.1, 0.15) is 11.1 Å². The summed E-state index contributed by atoms with van der Waals surface area (Å²) >= 11 is 0. The Balaban J connectivity index is 2.20. The molecule has 0 unspecified atom stereocenters. The van der Waals surface area contributed by atoms with Crippen LogP contribution in [0, 0.1) is 0 Å². The maximum absolute atomic E-state index is 9.64. The zero-order valence-corrected chi connectivity index (χ0v) is 9.18. The van der Waals surface area contributed by atoms with E-state index in [-0.39, 0.29) is 5.75 Å². The van der Waals surface area contributed by atoms with Gasteiger partial charge in [0, 0.05) is 0 Å². The molecular formula is C14H14O2. The Labute approximate surface area is 95.1 Å². The standard InChI is InChI=1S/C14H14O2/c1-16-14-8-7-12(10-13(14)15)9-11-5-3-2-4-6-11/h2-8,10,15H,9H2,1H3. The second-order valence-corrected chi connectivity index (χ2v) is 3.67. The fourth-order valence-corrected chi connectivity index (χ4v) is 1.68. The number of phenols is 1. The van der Waals surface area contributed by atoms with E-state index in [1.807, 2.05) is 24.3 Å². The average Bonchev–Trinajstić information content (AvgIpc) is 2.31. The first-order valence-electron chi connectivity index (χ1n) is 5.19. The third-order valence-corrected chi connectivity index (χ3v) is 2.49. The number of ether oxygens (including phenoxy) is 1. The lowest BCUT2D eigenvalue weighted by atomic mass is 10.0. The molecule has 2 rings (SSSR count). The van der Waals surface area contributed by atoms with Crippen LogP contribution in [0.15, 0.2) is 48.5 Å². The Morgan fingerprint density at radius 2 is 1.75 bits per heavy atom. The van der Waals surface area contributed by atoms with Gasteiger partial charge in [0.25, 0.3) is 0 Å². The second kappa shape index (κ2) is 4.71. The highest BCUT2D eigenvalue weighted by Crippen LogP contribution is 2.27. The van der Waals surface area contributed by atoms with Crippen molar-refractivity contribution in [1.29, 1.82) is 0 Å². The van der Waals surface area contributed by atoms with Gasteiger partial charge < -0.3 is 9.84 Å². The maximum Gasteiger partial charge on any atom is 0.160 e. The minimum absolute atomic E-state index is 0.191. The van der Waals surface area contributed by atoms with E-state index in [9.17, 15) is 5.11 Å². The highest BCUT2D eigenvalue weighted by Gasteiger charge is 2.02. The van der Waals surface area contributed by atoms with E-state index in [1.54, 1.807) is 19.2 Å². The van der Waals surface area contributed by atoms with Crippen molar-refractivity contribution in [2.45, 2.75) is 6.42 Å². The first-order valence-corrected chi connectivity index (χ1v) is 5.19. The molecule has 0 fully saturated rings. The lowest BCUT2D eigenvalue weighted by molar-refractivity contribution is 0.373. The molecule has 0 aliphatic rings. The molecule has 0 saturated carbocycles. The van der Waals surface area contributed by atoms with Crippen molar-refractivity contribution in [1.82, 2.24) is 0 Å². The average molecular weight is 214 g/mol. The predicted molar refractivity (Wildman–Crippen MR) is 63.9 cm³/mol. The van der Waals surface area contributed by atoms with Gasteiger partial charge in [-0.25, -0.2) is 0 Å². The van der Waals surface area contributed by atoms with E-state index in [0.29, 0.717) is 5.75 Å². The van der Waals surface area contributed by atoms with Gasteiger partial charge in [0.2, 0.25) is 0 Å². The van der Waals surface area contributed by atoms with Crippen molar-refractivity contribution < 1.29 is 9.84 Å². The monoisotopic (exact) mass is 214 g/mol. The molecule has 0 radical (unpaired) electrons. The van der Waals surface area contributed by atoms with Crippen molar-refractivity contribution >= 4 is 0 Å². The summed E-state index contributed by atoms with van der Waals surface area (Å²) in [5.74, 6) is 0.702. The van der Waals surface area contributed by atoms with E-state index >= 15 is 0 Å². The Hall–Kier alpha value is -1.96. The van der Waals surface area contributed by atoms with Crippen LogP contribution in [0.2, 0.25) is 0 Å². The van der Waals surface area contributed by atoms with Crippen LogP contribution in [0.5, 0.6) is 11.5 Å². The van der Waals surface area contributed by atoms with Crippen LogP contribution >= 0.6 is 0 Å². The summed E-state index contributed by atoms with van der Waals surface area (Å²) in [6.45, 7) is 0. The molecule has 0 aliphatic carbocycles. The van der Waals surface area contributed by atoms with E-state index in [0.717, 1.165) is 12.0 Å². The maximum atomic E-state index is 9.64. The number of aromatic hydroxyl groups is 1. The summed E-state index contributed by atoms with van der Waals surface area (Å²) in [4.78, 5) is 0. The van der Waals surface area contributed by atoms with Crippen LogP contribution in [0.25, 0.3) is 0 Å². The minimum Gasteiger partial charge on any atom is -0.504 e. The molecule has 82 valence electrons. The third kappa shape index (κ3) is 2.34. The molecule has 0 amide bonds. The molecule has 2 aromatic rings. The molecule has 2 nitrogen and oxygen atoms in total. The summed E-state index contributed by atoms with van der Waals surface area (Å²) in [5, 5.41) is 9.64.